The highest BCUT2D eigenvalue weighted by Gasteiger charge is 2.36. The minimum absolute atomic E-state index is 0. The van der Waals surface area contributed by atoms with Gasteiger partial charge >= 0.3 is 0 Å². The van der Waals surface area contributed by atoms with Crippen molar-refractivity contribution in [3.8, 4) is 0 Å². The van der Waals surface area contributed by atoms with E-state index in [1.54, 1.807) is 13.1 Å². The molecule has 4 rings (SSSR count). The molecule has 166 valence electrons. The molecule has 3 heterocycles. The second-order valence-electron chi connectivity index (χ2n) is 7.34. The van der Waals surface area contributed by atoms with Crippen LogP contribution in [0.5, 0.6) is 0 Å². The van der Waals surface area contributed by atoms with Crippen molar-refractivity contribution in [1.29, 1.82) is 0 Å². The normalized spacial score (nSPS) is 16.0. The monoisotopic (exact) mass is 574 g/mol. The summed E-state index contributed by atoms with van der Waals surface area (Å²) in [6.07, 6.45) is 3.68. The van der Waals surface area contributed by atoms with Crippen LogP contribution in [0.25, 0.3) is 5.65 Å². The molecule has 31 heavy (non-hydrogen) atoms. The number of ether oxygens (including phenoxy) is 1. The summed E-state index contributed by atoms with van der Waals surface area (Å²) in [5.41, 5.74) is 1.75. The minimum atomic E-state index is -0.154. The maximum absolute atomic E-state index is 6.57. The lowest BCUT2D eigenvalue weighted by Crippen LogP contribution is -2.48. The third-order valence-electron chi connectivity index (χ3n) is 5.57. The molecule has 10 heteroatoms. The van der Waals surface area contributed by atoms with Gasteiger partial charge in [0.25, 0.3) is 0 Å². The molecule has 2 N–H and O–H groups in total. The maximum Gasteiger partial charge on any atom is 0.191 e. The van der Waals surface area contributed by atoms with E-state index in [1.165, 1.54) is 0 Å². The molecule has 0 unspecified atom stereocenters. The second kappa shape index (κ2) is 10.8. The summed E-state index contributed by atoms with van der Waals surface area (Å²) in [6.45, 7) is 2.57. The number of aliphatic imine (C=N–C) groups is 1. The van der Waals surface area contributed by atoms with Crippen molar-refractivity contribution in [1.82, 2.24) is 25.2 Å². The lowest BCUT2D eigenvalue weighted by molar-refractivity contribution is 0.0514. The Morgan fingerprint density at radius 2 is 1.97 bits per heavy atom. The summed E-state index contributed by atoms with van der Waals surface area (Å²) in [7, 11) is 1.75. The Hall–Kier alpha value is -1.62. The lowest BCUT2D eigenvalue weighted by atomic mass is 9.74. The fraction of sp³-hybridized carbons (Fsp3) is 0.381. The number of hydrogen-bond acceptors (Lipinski definition) is 4. The maximum atomic E-state index is 6.57. The molecule has 0 spiro atoms. The van der Waals surface area contributed by atoms with Gasteiger partial charge in [-0.2, -0.15) is 0 Å². The van der Waals surface area contributed by atoms with E-state index in [0.29, 0.717) is 42.3 Å². The van der Waals surface area contributed by atoms with E-state index < -0.39 is 0 Å². The first-order valence-corrected chi connectivity index (χ1v) is 10.6. The Kier molecular flexibility index (Phi) is 8.37. The van der Waals surface area contributed by atoms with E-state index in [9.17, 15) is 0 Å². The molecule has 0 bridgehead atoms. The standard InChI is InChI=1S/C21H24Cl2N6O.HI/c1-24-20(25-13-19-28-27-18-4-2-3-9-29(18)19)26-14-21(7-10-30-11-8-21)16-6-5-15(22)12-17(16)23;/h2-6,9,12H,7-8,10-11,13-14H2,1H3,(H2,24,25,26);1H. The Morgan fingerprint density at radius 1 is 1.16 bits per heavy atom. The van der Waals surface area contributed by atoms with Crippen LogP contribution in [0.15, 0.2) is 47.6 Å². The van der Waals surface area contributed by atoms with Crippen LogP contribution in [0.2, 0.25) is 10.0 Å². The van der Waals surface area contributed by atoms with Crippen LogP contribution in [0.4, 0.5) is 0 Å². The third kappa shape index (κ3) is 5.42. The SMILES string of the molecule is CN=C(NCc1nnc2ccccn12)NCC1(c2ccc(Cl)cc2Cl)CCOCC1.I. The van der Waals surface area contributed by atoms with Gasteiger partial charge in [-0.15, -0.1) is 34.2 Å². The number of benzene rings is 1. The van der Waals surface area contributed by atoms with Crippen molar-refractivity contribution in [2.45, 2.75) is 24.8 Å². The predicted molar refractivity (Wildman–Crippen MR) is 135 cm³/mol. The van der Waals surface area contributed by atoms with Gasteiger partial charge in [-0.3, -0.25) is 9.39 Å². The zero-order chi connectivity index (χ0) is 21.0. The highest BCUT2D eigenvalue weighted by Crippen LogP contribution is 2.39. The van der Waals surface area contributed by atoms with Gasteiger partial charge in [0.2, 0.25) is 0 Å². The number of nitrogens with zero attached hydrogens (tertiary/aromatic N) is 4. The number of pyridine rings is 1. The fourth-order valence-corrected chi connectivity index (χ4v) is 4.48. The van der Waals surface area contributed by atoms with Gasteiger partial charge in [0.15, 0.2) is 17.4 Å². The number of nitrogens with one attached hydrogen (secondary N) is 2. The van der Waals surface area contributed by atoms with Crippen molar-refractivity contribution >= 4 is 58.8 Å². The van der Waals surface area contributed by atoms with Crippen molar-refractivity contribution in [3.63, 3.8) is 0 Å². The van der Waals surface area contributed by atoms with Gasteiger partial charge in [0.1, 0.15) is 0 Å². The van der Waals surface area contributed by atoms with Gasteiger partial charge in [0.05, 0.1) is 6.54 Å². The smallest absolute Gasteiger partial charge is 0.191 e. The number of hydrogen-bond donors (Lipinski definition) is 2. The topological polar surface area (TPSA) is 75.8 Å². The molecule has 0 aliphatic carbocycles. The van der Waals surface area contributed by atoms with Gasteiger partial charge in [-0.05, 0) is 42.7 Å². The van der Waals surface area contributed by atoms with Gasteiger partial charge in [0, 0.05) is 48.5 Å². The first-order valence-electron chi connectivity index (χ1n) is 9.88. The van der Waals surface area contributed by atoms with Gasteiger partial charge < -0.3 is 15.4 Å². The molecule has 2 aromatic heterocycles. The zero-order valence-electron chi connectivity index (χ0n) is 17.1. The van der Waals surface area contributed by atoms with Crippen molar-refractivity contribution in [2.24, 2.45) is 4.99 Å². The molecule has 0 atom stereocenters. The minimum Gasteiger partial charge on any atom is -0.381 e. The first kappa shape index (κ1) is 24.0. The average Bonchev–Trinajstić information content (AvgIpc) is 3.18. The number of guanidine groups is 1. The van der Waals surface area contributed by atoms with Crippen LogP contribution in [0, 0.1) is 0 Å². The van der Waals surface area contributed by atoms with Gasteiger partial charge in [-0.1, -0.05) is 35.3 Å². The van der Waals surface area contributed by atoms with Crippen molar-refractivity contribution < 1.29 is 4.74 Å². The zero-order valence-corrected chi connectivity index (χ0v) is 21.0. The third-order valence-corrected chi connectivity index (χ3v) is 6.12. The van der Waals surface area contributed by atoms with Crippen LogP contribution in [0.1, 0.15) is 24.2 Å². The molecule has 1 saturated heterocycles. The van der Waals surface area contributed by atoms with Crippen molar-refractivity contribution in [3.05, 3.63) is 64.0 Å². The molecular weight excluding hydrogens is 550 g/mol. The van der Waals surface area contributed by atoms with E-state index in [1.807, 2.05) is 40.9 Å². The molecule has 7 nitrogen and oxygen atoms in total. The summed E-state index contributed by atoms with van der Waals surface area (Å²) in [5, 5.41) is 16.5. The quantitative estimate of drug-likeness (QED) is 0.273. The molecule has 1 aliphatic heterocycles. The second-order valence-corrected chi connectivity index (χ2v) is 8.18. The van der Waals surface area contributed by atoms with E-state index in [2.05, 4.69) is 25.8 Å². The largest absolute Gasteiger partial charge is 0.381 e. The number of rotatable bonds is 5. The summed E-state index contributed by atoms with van der Waals surface area (Å²) in [4.78, 5) is 4.36. The van der Waals surface area contributed by atoms with Crippen molar-refractivity contribution in [2.75, 3.05) is 26.8 Å². The van der Waals surface area contributed by atoms with Crippen LogP contribution < -0.4 is 10.6 Å². The first-order chi connectivity index (χ1) is 14.6. The molecule has 1 aromatic carbocycles. The van der Waals surface area contributed by atoms with Crippen LogP contribution in [0.3, 0.4) is 0 Å². The van der Waals surface area contributed by atoms with Gasteiger partial charge in [-0.25, -0.2) is 0 Å². The van der Waals surface area contributed by atoms with Crippen LogP contribution >= 0.6 is 47.2 Å². The average molecular weight is 575 g/mol. The molecule has 0 saturated carbocycles. The molecule has 1 aliphatic rings. The molecule has 3 aromatic rings. The van der Waals surface area contributed by atoms with Crippen LogP contribution in [-0.4, -0.2) is 47.4 Å². The van der Waals surface area contributed by atoms with Crippen LogP contribution in [-0.2, 0) is 16.7 Å². The molecule has 1 fully saturated rings. The highest BCUT2D eigenvalue weighted by atomic mass is 127. The van der Waals surface area contributed by atoms with E-state index in [0.717, 1.165) is 29.9 Å². The summed E-state index contributed by atoms with van der Waals surface area (Å²) in [5.74, 6) is 1.51. The summed E-state index contributed by atoms with van der Waals surface area (Å²) < 4.78 is 7.57. The number of aromatic nitrogens is 3. The predicted octanol–water partition coefficient (Wildman–Crippen LogP) is 4.07. The Morgan fingerprint density at radius 3 is 2.71 bits per heavy atom. The lowest BCUT2D eigenvalue weighted by Gasteiger charge is -2.38. The Labute approximate surface area is 208 Å². The number of fused-ring (bicyclic) bond motifs is 1. The Balaban J connectivity index is 0.00000272. The van der Waals surface area contributed by atoms with E-state index >= 15 is 0 Å². The number of halogens is 3. The Bertz CT molecular complexity index is 1050. The molecule has 0 radical (unpaired) electrons. The highest BCUT2D eigenvalue weighted by molar-refractivity contribution is 14.0. The molecular formula is C21H25Cl2IN6O. The summed E-state index contributed by atoms with van der Waals surface area (Å²) in [6, 6.07) is 11.5. The fourth-order valence-electron chi connectivity index (χ4n) is 3.87. The molecule has 0 amide bonds. The van der Waals surface area contributed by atoms with E-state index in [-0.39, 0.29) is 29.4 Å². The van der Waals surface area contributed by atoms with E-state index in [4.69, 9.17) is 27.9 Å². The summed E-state index contributed by atoms with van der Waals surface area (Å²) >= 11 is 12.7.